The fourth-order valence-electron chi connectivity index (χ4n) is 4.33. The van der Waals surface area contributed by atoms with Crippen molar-refractivity contribution in [3.05, 3.63) is 30.0 Å². The Labute approximate surface area is 213 Å². The first-order chi connectivity index (χ1) is 17.3. The van der Waals surface area contributed by atoms with E-state index in [4.69, 9.17) is 9.47 Å². The number of imidazole rings is 1. The number of halogens is 3. The van der Waals surface area contributed by atoms with Gasteiger partial charge in [0.2, 0.25) is 0 Å². The summed E-state index contributed by atoms with van der Waals surface area (Å²) in [6.07, 6.45) is -3.71. The summed E-state index contributed by atoms with van der Waals surface area (Å²) in [7, 11) is 3.24. The van der Waals surface area contributed by atoms with Crippen LogP contribution < -0.4 is 4.74 Å². The number of amides is 1. The highest BCUT2D eigenvalue weighted by molar-refractivity contribution is 5.80. The molecular weight excluding hydrogens is 489 g/mol. The van der Waals surface area contributed by atoms with Crippen molar-refractivity contribution < 1.29 is 27.4 Å². The standard InChI is InChI=1S/C25H33F3N6O3/c1-24(2,3)37-23(35)32(4)12-13-33-10-8-16(9-11-33)34-20(15-21(31-34)25(26,27)28)22-29-18-7-6-17(36-5)14-19(18)30-22/h6-7,14-16H,8-13H2,1-5H3,(H,29,30). The van der Waals surface area contributed by atoms with E-state index in [1.54, 1.807) is 32.4 Å². The number of likely N-dealkylation sites (N-methyl/N-ethyl adjacent to an activating group) is 1. The Morgan fingerprint density at radius 3 is 2.51 bits per heavy atom. The van der Waals surface area contributed by atoms with Crippen LogP contribution in [0, 0.1) is 0 Å². The molecule has 0 atom stereocenters. The molecule has 0 radical (unpaired) electrons. The third kappa shape index (κ3) is 6.35. The number of rotatable bonds is 6. The van der Waals surface area contributed by atoms with Crippen LogP contribution in [0.2, 0.25) is 0 Å². The van der Waals surface area contributed by atoms with Crippen LogP contribution in [0.4, 0.5) is 18.0 Å². The van der Waals surface area contributed by atoms with Crippen LogP contribution in [0.1, 0.15) is 45.3 Å². The van der Waals surface area contributed by atoms with Crippen LogP contribution in [0.25, 0.3) is 22.6 Å². The molecule has 3 heterocycles. The Morgan fingerprint density at radius 2 is 1.89 bits per heavy atom. The Kier molecular flexibility index (Phi) is 7.40. The van der Waals surface area contributed by atoms with E-state index in [-0.39, 0.29) is 12.1 Å². The number of methoxy groups -OCH3 is 1. The Hall–Kier alpha value is -3.28. The number of hydrogen-bond acceptors (Lipinski definition) is 6. The SMILES string of the molecule is COc1ccc2[nH]c(-c3cc(C(F)(F)F)nn3C3CCN(CCN(C)C(=O)OC(C)(C)C)CC3)nc2c1. The molecule has 1 fully saturated rings. The lowest BCUT2D eigenvalue weighted by Crippen LogP contribution is -2.42. The van der Waals surface area contributed by atoms with Gasteiger partial charge >= 0.3 is 12.3 Å². The summed E-state index contributed by atoms with van der Waals surface area (Å²) in [5.74, 6) is 0.937. The third-order valence-electron chi connectivity index (χ3n) is 6.32. The Bertz CT molecular complexity index is 1240. The summed E-state index contributed by atoms with van der Waals surface area (Å²) in [5, 5.41) is 3.96. The van der Waals surface area contributed by atoms with Crippen molar-refractivity contribution in [2.45, 2.75) is 51.4 Å². The molecule has 1 aromatic carbocycles. The number of ether oxygens (including phenoxy) is 2. The third-order valence-corrected chi connectivity index (χ3v) is 6.32. The molecule has 9 nitrogen and oxygen atoms in total. The van der Waals surface area contributed by atoms with E-state index in [1.165, 1.54) is 9.58 Å². The molecule has 0 saturated carbocycles. The predicted octanol–water partition coefficient (Wildman–Crippen LogP) is 4.96. The van der Waals surface area contributed by atoms with Crippen LogP contribution >= 0.6 is 0 Å². The van der Waals surface area contributed by atoms with Crippen molar-refractivity contribution in [3.8, 4) is 17.3 Å². The van der Waals surface area contributed by atoms with Crippen molar-refractivity contribution in [3.63, 3.8) is 0 Å². The summed E-state index contributed by atoms with van der Waals surface area (Å²) in [6, 6.07) is 6.11. The van der Waals surface area contributed by atoms with Gasteiger partial charge < -0.3 is 24.3 Å². The first kappa shape index (κ1) is 26.8. The lowest BCUT2D eigenvalue weighted by atomic mass is 10.0. The number of carbonyl (C=O) groups is 1. The number of fused-ring (bicyclic) bond motifs is 1. The van der Waals surface area contributed by atoms with Gasteiger partial charge in [0, 0.05) is 39.3 Å². The summed E-state index contributed by atoms with van der Waals surface area (Å²) < 4.78 is 52.9. The highest BCUT2D eigenvalue weighted by atomic mass is 19.4. The van der Waals surface area contributed by atoms with Gasteiger partial charge in [0.05, 0.1) is 24.2 Å². The van der Waals surface area contributed by atoms with E-state index >= 15 is 0 Å². The van der Waals surface area contributed by atoms with Crippen LogP contribution in [-0.4, -0.2) is 81.6 Å². The summed E-state index contributed by atoms with van der Waals surface area (Å²) in [5.41, 5.74) is 0.0833. The van der Waals surface area contributed by atoms with Crippen LogP contribution in [0.5, 0.6) is 5.75 Å². The van der Waals surface area contributed by atoms with Gasteiger partial charge in [-0.25, -0.2) is 9.78 Å². The van der Waals surface area contributed by atoms with Crippen molar-refractivity contribution in [2.24, 2.45) is 0 Å². The second kappa shape index (κ2) is 10.2. The minimum absolute atomic E-state index is 0.214. The van der Waals surface area contributed by atoms with Gasteiger partial charge in [-0.3, -0.25) is 4.68 Å². The zero-order valence-corrected chi connectivity index (χ0v) is 21.7. The molecule has 1 aliphatic rings. The maximum absolute atomic E-state index is 13.6. The second-order valence-corrected chi connectivity index (χ2v) is 10.3. The first-order valence-corrected chi connectivity index (χ1v) is 12.2. The van der Waals surface area contributed by atoms with Gasteiger partial charge in [0.15, 0.2) is 11.5 Å². The largest absolute Gasteiger partial charge is 0.497 e. The van der Waals surface area contributed by atoms with Crippen LogP contribution in [0.15, 0.2) is 24.3 Å². The Balaban J connectivity index is 1.47. The number of alkyl halides is 3. The number of carbonyl (C=O) groups excluding carboxylic acids is 1. The molecule has 4 rings (SSSR count). The number of aromatic nitrogens is 4. The minimum atomic E-state index is -4.57. The molecule has 3 aromatic rings. The van der Waals surface area contributed by atoms with Crippen molar-refractivity contribution in [1.82, 2.24) is 29.5 Å². The quantitative estimate of drug-likeness (QED) is 0.493. The predicted molar refractivity (Wildman–Crippen MR) is 132 cm³/mol. The monoisotopic (exact) mass is 522 g/mol. The maximum Gasteiger partial charge on any atom is 0.435 e. The zero-order chi connectivity index (χ0) is 27.0. The molecule has 2 aromatic heterocycles. The molecular formula is C25H33F3N6O3. The van der Waals surface area contributed by atoms with Gasteiger partial charge in [-0.05, 0) is 51.8 Å². The minimum Gasteiger partial charge on any atom is -0.497 e. The first-order valence-electron chi connectivity index (χ1n) is 12.2. The molecule has 37 heavy (non-hydrogen) atoms. The van der Waals surface area contributed by atoms with E-state index in [0.29, 0.717) is 67.3 Å². The van der Waals surface area contributed by atoms with Crippen molar-refractivity contribution >= 4 is 17.1 Å². The van der Waals surface area contributed by atoms with Gasteiger partial charge in [-0.2, -0.15) is 18.3 Å². The average molecular weight is 523 g/mol. The number of likely N-dealkylation sites (tertiary alicyclic amines) is 1. The molecule has 0 aliphatic carbocycles. The van der Waals surface area contributed by atoms with E-state index in [2.05, 4.69) is 20.0 Å². The van der Waals surface area contributed by atoms with Gasteiger partial charge in [-0.1, -0.05) is 0 Å². The highest BCUT2D eigenvalue weighted by Gasteiger charge is 2.37. The fraction of sp³-hybridized carbons (Fsp3) is 0.560. The van der Waals surface area contributed by atoms with E-state index in [1.807, 2.05) is 20.8 Å². The average Bonchev–Trinajstić information content (AvgIpc) is 3.45. The van der Waals surface area contributed by atoms with E-state index in [0.717, 1.165) is 6.07 Å². The van der Waals surface area contributed by atoms with Gasteiger partial charge in [0.1, 0.15) is 17.0 Å². The van der Waals surface area contributed by atoms with Crippen LogP contribution in [0.3, 0.4) is 0 Å². The lowest BCUT2D eigenvalue weighted by Gasteiger charge is -2.33. The van der Waals surface area contributed by atoms with Crippen molar-refractivity contribution in [2.75, 3.05) is 40.3 Å². The zero-order valence-electron chi connectivity index (χ0n) is 21.7. The topological polar surface area (TPSA) is 88.5 Å². The highest BCUT2D eigenvalue weighted by Crippen LogP contribution is 2.35. The molecule has 1 N–H and O–H groups in total. The number of aromatic amines is 1. The van der Waals surface area contributed by atoms with Crippen LogP contribution in [-0.2, 0) is 10.9 Å². The molecule has 1 amide bonds. The molecule has 0 bridgehead atoms. The second-order valence-electron chi connectivity index (χ2n) is 10.3. The van der Waals surface area contributed by atoms with Gasteiger partial charge in [-0.15, -0.1) is 0 Å². The molecule has 202 valence electrons. The van der Waals surface area contributed by atoms with E-state index < -0.39 is 17.5 Å². The Morgan fingerprint density at radius 1 is 1.19 bits per heavy atom. The molecule has 1 saturated heterocycles. The number of benzene rings is 1. The maximum atomic E-state index is 13.6. The fourth-order valence-corrected chi connectivity index (χ4v) is 4.33. The number of piperidine rings is 1. The molecule has 0 unspecified atom stereocenters. The van der Waals surface area contributed by atoms with Gasteiger partial charge in [0.25, 0.3) is 0 Å². The van der Waals surface area contributed by atoms with E-state index in [9.17, 15) is 18.0 Å². The summed E-state index contributed by atoms with van der Waals surface area (Å²) in [4.78, 5) is 23.6. The summed E-state index contributed by atoms with van der Waals surface area (Å²) in [6.45, 7) is 7.94. The normalized spacial score (nSPS) is 15.8. The molecule has 0 spiro atoms. The number of hydrogen-bond donors (Lipinski definition) is 1. The number of nitrogens with zero attached hydrogens (tertiary/aromatic N) is 5. The van der Waals surface area contributed by atoms with Crippen molar-refractivity contribution in [1.29, 1.82) is 0 Å². The molecule has 1 aliphatic heterocycles. The molecule has 12 heteroatoms. The summed E-state index contributed by atoms with van der Waals surface area (Å²) >= 11 is 0. The smallest absolute Gasteiger partial charge is 0.435 e. The lowest BCUT2D eigenvalue weighted by molar-refractivity contribution is -0.141. The number of nitrogens with one attached hydrogen (secondary N) is 1. The number of H-pyrrole nitrogens is 1.